The highest BCUT2D eigenvalue weighted by molar-refractivity contribution is 7.88. The van der Waals surface area contributed by atoms with Gasteiger partial charge in [-0.05, 0) is 29.8 Å². The van der Waals surface area contributed by atoms with Crippen LogP contribution in [0.2, 0.25) is 0 Å². The maximum atomic E-state index is 12.4. The van der Waals surface area contributed by atoms with Gasteiger partial charge in [-0.25, -0.2) is 0 Å². The molecule has 2 amide bonds. The Morgan fingerprint density at radius 2 is 1.77 bits per heavy atom. The molecule has 0 bridgehead atoms. The van der Waals surface area contributed by atoms with E-state index in [0.717, 1.165) is 23.1 Å². The summed E-state index contributed by atoms with van der Waals surface area (Å²) < 4.78 is 63.3. The number of halogens is 3. The summed E-state index contributed by atoms with van der Waals surface area (Å²) in [6.07, 6.45) is 2.96. The van der Waals surface area contributed by atoms with Gasteiger partial charge in [-0.3, -0.25) is 19.5 Å². The molecular weight excluding hydrogens is 377 g/mol. The molecule has 1 aliphatic heterocycles. The Hall–Kier alpha value is -2.95. The first kappa shape index (κ1) is 17.9. The average Bonchev–Trinajstić information content (AvgIpc) is 2.79. The summed E-state index contributed by atoms with van der Waals surface area (Å²) in [6.45, 7) is -0.0861. The van der Waals surface area contributed by atoms with E-state index in [1.807, 2.05) is 0 Å². The van der Waals surface area contributed by atoms with Crippen molar-refractivity contribution in [3.05, 3.63) is 59.4 Å². The SMILES string of the molecule is O=C1c2ccc(OS(=O)(=O)C(F)(F)F)cc2C(=O)N1Cc1cccnc1. The molecule has 0 aliphatic carbocycles. The molecule has 0 fully saturated rings. The summed E-state index contributed by atoms with van der Waals surface area (Å²) >= 11 is 0. The largest absolute Gasteiger partial charge is 0.534 e. The number of fused-ring (bicyclic) bond motifs is 1. The van der Waals surface area contributed by atoms with Crippen LogP contribution in [0.4, 0.5) is 13.2 Å². The summed E-state index contributed by atoms with van der Waals surface area (Å²) in [5.41, 5.74) is -5.35. The second-order valence-corrected chi connectivity index (χ2v) is 6.79. The fraction of sp³-hybridized carbons (Fsp3) is 0.133. The van der Waals surface area contributed by atoms with E-state index in [1.54, 1.807) is 12.1 Å². The number of amides is 2. The van der Waals surface area contributed by atoms with Crippen LogP contribution >= 0.6 is 0 Å². The molecule has 7 nitrogen and oxygen atoms in total. The Bertz CT molecular complexity index is 990. The summed E-state index contributed by atoms with van der Waals surface area (Å²) in [5, 5.41) is 0. The van der Waals surface area contributed by atoms with Gasteiger partial charge >= 0.3 is 15.6 Å². The van der Waals surface area contributed by atoms with Gasteiger partial charge in [0.25, 0.3) is 11.8 Å². The standard InChI is InChI=1S/C15H9F3N2O5S/c16-15(17,18)26(23,24)25-10-3-4-11-12(6-10)14(22)20(13(11)21)8-9-2-1-5-19-7-9/h1-7H,8H2. The van der Waals surface area contributed by atoms with Gasteiger partial charge in [-0.2, -0.15) is 21.6 Å². The second kappa shape index (κ2) is 6.09. The number of aromatic nitrogens is 1. The molecule has 1 aromatic heterocycles. The third-order valence-corrected chi connectivity index (χ3v) is 4.47. The minimum Gasteiger partial charge on any atom is -0.376 e. The third kappa shape index (κ3) is 3.12. The lowest BCUT2D eigenvalue weighted by molar-refractivity contribution is -0.0500. The van der Waals surface area contributed by atoms with E-state index in [-0.39, 0.29) is 17.7 Å². The van der Waals surface area contributed by atoms with Crippen molar-refractivity contribution in [2.24, 2.45) is 0 Å². The minimum atomic E-state index is -5.88. The van der Waals surface area contributed by atoms with E-state index in [0.29, 0.717) is 5.56 Å². The van der Waals surface area contributed by atoms with Crippen molar-refractivity contribution in [1.29, 1.82) is 0 Å². The molecule has 0 saturated carbocycles. The van der Waals surface area contributed by atoms with Crippen LogP contribution in [0.3, 0.4) is 0 Å². The van der Waals surface area contributed by atoms with Gasteiger partial charge < -0.3 is 4.18 Å². The Kier molecular flexibility index (Phi) is 4.18. The highest BCUT2D eigenvalue weighted by atomic mass is 32.2. The number of nitrogens with zero attached hydrogens (tertiary/aromatic N) is 2. The molecule has 1 aliphatic rings. The Morgan fingerprint density at radius 1 is 1.08 bits per heavy atom. The molecule has 26 heavy (non-hydrogen) atoms. The maximum absolute atomic E-state index is 12.4. The number of alkyl halides is 3. The number of pyridine rings is 1. The maximum Gasteiger partial charge on any atom is 0.534 e. The lowest BCUT2D eigenvalue weighted by atomic mass is 10.1. The van der Waals surface area contributed by atoms with Gasteiger partial charge in [0, 0.05) is 12.4 Å². The van der Waals surface area contributed by atoms with Crippen LogP contribution in [0.1, 0.15) is 26.3 Å². The van der Waals surface area contributed by atoms with Crippen LogP contribution in [0.5, 0.6) is 5.75 Å². The first-order chi connectivity index (χ1) is 12.1. The molecule has 0 N–H and O–H groups in total. The van der Waals surface area contributed by atoms with Crippen molar-refractivity contribution < 1.29 is 35.4 Å². The zero-order valence-electron chi connectivity index (χ0n) is 12.7. The van der Waals surface area contributed by atoms with Crippen LogP contribution in [0, 0.1) is 0 Å². The van der Waals surface area contributed by atoms with Gasteiger partial charge in [-0.15, -0.1) is 0 Å². The minimum absolute atomic E-state index is 0.0596. The van der Waals surface area contributed by atoms with Crippen LogP contribution < -0.4 is 4.18 Å². The highest BCUT2D eigenvalue weighted by Crippen LogP contribution is 2.31. The molecule has 1 aromatic carbocycles. The summed E-state index contributed by atoms with van der Waals surface area (Å²) in [4.78, 5) is 29.4. The zero-order chi connectivity index (χ0) is 19.1. The molecule has 0 radical (unpaired) electrons. The topological polar surface area (TPSA) is 93.6 Å². The molecule has 3 rings (SSSR count). The van der Waals surface area contributed by atoms with Gasteiger partial charge in [0.2, 0.25) is 0 Å². The molecule has 136 valence electrons. The number of carbonyl (C=O) groups excluding carboxylic acids is 2. The van der Waals surface area contributed by atoms with Crippen LogP contribution in [0.25, 0.3) is 0 Å². The van der Waals surface area contributed by atoms with Gasteiger partial charge in [0.05, 0.1) is 17.7 Å². The van der Waals surface area contributed by atoms with E-state index in [9.17, 15) is 31.2 Å². The van der Waals surface area contributed by atoms with E-state index < -0.39 is 33.2 Å². The molecule has 2 aromatic rings. The molecule has 2 heterocycles. The van der Waals surface area contributed by atoms with E-state index in [4.69, 9.17) is 0 Å². The van der Waals surface area contributed by atoms with Crippen molar-refractivity contribution in [1.82, 2.24) is 9.88 Å². The van der Waals surface area contributed by atoms with Crippen LogP contribution in [-0.2, 0) is 16.7 Å². The fourth-order valence-electron chi connectivity index (χ4n) is 2.31. The zero-order valence-corrected chi connectivity index (χ0v) is 13.5. The van der Waals surface area contributed by atoms with Crippen LogP contribution in [-0.4, -0.2) is 35.6 Å². The highest BCUT2D eigenvalue weighted by Gasteiger charge is 2.48. The summed E-state index contributed by atoms with van der Waals surface area (Å²) in [7, 11) is -5.88. The Balaban J connectivity index is 1.89. The van der Waals surface area contributed by atoms with Gasteiger partial charge in [0.1, 0.15) is 5.75 Å². The normalized spacial score (nSPS) is 14.5. The lowest BCUT2D eigenvalue weighted by Gasteiger charge is -2.13. The van der Waals surface area contributed by atoms with Crippen molar-refractivity contribution in [2.45, 2.75) is 12.1 Å². The summed E-state index contributed by atoms with van der Waals surface area (Å²) in [5.74, 6) is -2.15. The molecule has 11 heteroatoms. The first-order valence-corrected chi connectivity index (χ1v) is 8.41. The average molecular weight is 386 g/mol. The Morgan fingerprint density at radius 3 is 2.38 bits per heavy atom. The second-order valence-electron chi connectivity index (χ2n) is 5.25. The molecular formula is C15H9F3N2O5S. The Labute approximate surface area is 145 Å². The van der Waals surface area contributed by atoms with Crippen molar-refractivity contribution >= 4 is 21.9 Å². The van der Waals surface area contributed by atoms with Gasteiger partial charge in [-0.1, -0.05) is 6.07 Å². The van der Waals surface area contributed by atoms with Crippen LogP contribution in [0.15, 0.2) is 42.7 Å². The number of hydrogen-bond acceptors (Lipinski definition) is 6. The third-order valence-electron chi connectivity index (χ3n) is 3.50. The fourth-order valence-corrected chi connectivity index (χ4v) is 2.76. The number of rotatable bonds is 4. The predicted octanol–water partition coefficient (Wildman–Crippen LogP) is 2.11. The number of hydrogen-bond donors (Lipinski definition) is 0. The number of imide groups is 1. The molecule has 0 spiro atoms. The number of carbonyl (C=O) groups is 2. The van der Waals surface area contributed by atoms with Crippen molar-refractivity contribution in [3.63, 3.8) is 0 Å². The molecule has 0 unspecified atom stereocenters. The predicted molar refractivity (Wildman–Crippen MR) is 80.5 cm³/mol. The number of benzene rings is 1. The smallest absolute Gasteiger partial charge is 0.376 e. The van der Waals surface area contributed by atoms with E-state index in [1.165, 1.54) is 12.4 Å². The molecule has 0 atom stereocenters. The molecule has 0 saturated heterocycles. The van der Waals surface area contributed by atoms with Crippen molar-refractivity contribution in [3.8, 4) is 5.75 Å². The van der Waals surface area contributed by atoms with Gasteiger partial charge in [0.15, 0.2) is 0 Å². The van der Waals surface area contributed by atoms with E-state index >= 15 is 0 Å². The lowest BCUT2D eigenvalue weighted by Crippen LogP contribution is -2.29. The summed E-state index contributed by atoms with van der Waals surface area (Å²) in [6, 6.07) is 5.96. The quantitative estimate of drug-likeness (QED) is 0.454. The van der Waals surface area contributed by atoms with E-state index in [2.05, 4.69) is 9.17 Å². The monoisotopic (exact) mass is 386 g/mol. The van der Waals surface area contributed by atoms with Crippen molar-refractivity contribution in [2.75, 3.05) is 0 Å². The first-order valence-electron chi connectivity index (χ1n) is 7.00.